The Labute approximate surface area is 69.6 Å². The van der Waals surface area contributed by atoms with Crippen molar-refractivity contribution in [1.82, 2.24) is 0 Å². The van der Waals surface area contributed by atoms with Gasteiger partial charge in [-0.2, -0.15) is 0 Å². The van der Waals surface area contributed by atoms with Gasteiger partial charge in [0.05, 0.1) is 7.11 Å². The summed E-state index contributed by atoms with van der Waals surface area (Å²) in [6, 6.07) is 0. The third-order valence-corrected chi connectivity index (χ3v) is 1.47. The lowest BCUT2D eigenvalue weighted by Gasteiger charge is -2.20. The normalized spacial score (nSPS) is 17.8. The lowest BCUT2D eigenvalue weighted by Crippen LogP contribution is -2.35. The van der Waals surface area contributed by atoms with Gasteiger partial charge in [0.25, 0.3) is 0 Å². The number of methoxy groups -OCH3 is 1. The zero-order valence-electron chi connectivity index (χ0n) is 7.27. The second kappa shape index (κ2) is 4.23. The van der Waals surface area contributed by atoms with Crippen molar-refractivity contribution in [3.63, 3.8) is 0 Å². The van der Waals surface area contributed by atoms with Gasteiger partial charge in [0.2, 0.25) is 0 Å². The molecule has 0 N–H and O–H groups in total. The minimum Gasteiger partial charge on any atom is -0.438 e. The van der Waals surface area contributed by atoms with Crippen molar-refractivity contribution in [1.29, 1.82) is 0 Å². The van der Waals surface area contributed by atoms with Gasteiger partial charge in [-0.1, -0.05) is 0 Å². The van der Waals surface area contributed by atoms with Crippen LogP contribution in [0.3, 0.4) is 0 Å². The van der Waals surface area contributed by atoms with Gasteiger partial charge < -0.3 is 9.47 Å². The largest absolute Gasteiger partial charge is 0.508 e. The molecule has 0 radical (unpaired) electrons. The van der Waals surface area contributed by atoms with Gasteiger partial charge >= 0.3 is 6.16 Å². The highest BCUT2D eigenvalue weighted by atomic mass is 19.2. The maximum Gasteiger partial charge on any atom is 0.508 e. The molecule has 2 unspecified atom stereocenters. The van der Waals surface area contributed by atoms with E-state index >= 15 is 0 Å². The minimum atomic E-state index is -2.16. The summed E-state index contributed by atoms with van der Waals surface area (Å²) in [6.45, 7) is 1.43. The predicted octanol–water partition coefficient (Wildman–Crippen LogP) is 1.86. The first-order valence-corrected chi connectivity index (χ1v) is 3.44. The zero-order valence-corrected chi connectivity index (χ0v) is 7.27. The van der Waals surface area contributed by atoms with Crippen LogP contribution in [0.2, 0.25) is 0 Å². The fraction of sp³-hybridized carbons (Fsp3) is 0.857. The summed E-state index contributed by atoms with van der Waals surface area (Å²) in [4.78, 5) is 10.3. The van der Waals surface area contributed by atoms with Crippen molar-refractivity contribution in [2.24, 2.45) is 0 Å². The fourth-order valence-electron chi connectivity index (χ4n) is 0.374. The van der Waals surface area contributed by atoms with Gasteiger partial charge in [-0.25, -0.2) is 13.6 Å². The van der Waals surface area contributed by atoms with E-state index in [4.69, 9.17) is 0 Å². The second-order valence-electron chi connectivity index (χ2n) is 2.64. The van der Waals surface area contributed by atoms with Crippen LogP contribution in [0.4, 0.5) is 13.6 Å². The summed E-state index contributed by atoms with van der Waals surface area (Å²) in [5, 5.41) is 0. The van der Waals surface area contributed by atoms with Crippen LogP contribution >= 0.6 is 0 Å². The standard InChI is InChI=1S/C7H12F2O3/c1-5(8)7(2,9)4-12-6(10)11-3/h5H,4H2,1-3H3. The van der Waals surface area contributed by atoms with Crippen LogP contribution in [0.5, 0.6) is 0 Å². The first-order valence-electron chi connectivity index (χ1n) is 3.44. The van der Waals surface area contributed by atoms with E-state index in [9.17, 15) is 13.6 Å². The summed E-state index contributed by atoms with van der Waals surface area (Å²) < 4.78 is 33.7. The smallest absolute Gasteiger partial charge is 0.438 e. The van der Waals surface area contributed by atoms with Gasteiger partial charge in [-0.05, 0) is 13.8 Å². The van der Waals surface area contributed by atoms with Crippen LogP contribution in [-0.2, 0) is 9.47 Å². The molecule has 0 spiro atoms. The molecule has 0 aliphatic heterocycles. The molecule has 0 rings (SSSR count). The molecule has 0 bridgehead atoms. The van der Waals surface area contributed by atoms with E-state index in [0.717, 1.165) is 21.0 Å². The second-order valence-corrected chi connectivity index (χ2v) is 2.64. The fourth-order valence-corrected chi connectivity index (χ4v) is 0.374. The third-order valence-electron chi connectivity index (χ3n) is 1.47. The first kappa shape index (κ1) is 11.1. The molecule has 0 saturated heterocycles. The van der Waals surface area contributed by atoms with Crippen LogP contribution in [0.1, 0.15) is 13.8 Å². The van der Waals surface area contributed by atoms with Crippen LogP contribution in [0.15, 0.2) is 0 Å². The van der Waals surface area contributed by atoms with Crippen LogP contribution in [0, 0.1) is 0 Å². The Kier molecular flexibility index (Phi) is 3.92. The number of ether oxygens (including phenoxy) is 2. The molecule has 0 aliphatic carbocycles. The average molecular weight is 182 g/mol. The van der Waals surface area contributed by atoms with Gasteiger partial charge in [0, 0.05) is 0 Å². The van der Waals surface area contributed by atoms with E-state index in [2.05, 4.69) is 9.47 Å². The van der Waals surface area contributed by atoms with E-state index in [0.29, 0.717) is 0 Å². The summed E-state index contributed by atoms with van der Waals surface area (Å²) in [5.74, 6) is 0. The SMILES string of the molecule is COC(=O)OCC(C)(F)C(C)F. The number of rotatable bonds is 3. The lowest BCUT2D eigenvalue weighted by atomic mass is 10.1. The Hall–Kier alpha value is -0.870. The molecule has 72 valence electrons. The Morgan fingerprint density at radius 3 is 2.50 bits per heavy atom. The third kappa shape index (κ3) is 3.50. The predicted molar refractivity (Wildman–Crippen MR) is 38.4 cm³/mol. The molecule has 0 saturated carbocycles. The quantitative estimate of drug-likeness (QED) is 0.625. The number of hydrogen-bond acceptors (Lipinski definition) is 3. The monoisotopic (exact) mass is 182 g/mol. The Morgan fingerprint density at radius 1 is 1.67 bits per heavy atom. The van der Waals surface area contributed by atoms with Crippen molar-refractivity contribution >= 4 is 6.16 Å². The highest BCUT2D eigenvalue weighted by molar-refractivity contribution is 5.59. The van der Waals surface area contributed by atoms with Gasteiger partial charge in [0.15, 0.2) is 5.67 Å². The van der Waals surface area contributed by atoms with E-state index in [1.807, 2.05) is 0 Å². The summed E-state index contributed by atoms with van der Waals surface area (Å²) in [6.07, 6.45) is -2.71. The zero-order chi connectivity index (χ0) is 9.78. The molecule has 0 aromatic heterocycles. The van der Waals surface area contributed by atoms with Crippen LogP contribution in [0.25, 0.3) is 0 Å². The molecule has 0 heterocycles. The number of hydrogen-bond donors (Lipinski definition) is 0. The maximum absolute atomic E-state index is 13.0. The van der Waals surface area contributed by atoms with Crippen molar-refractivity contribution in [3.05, 3.63) is 0 Å². The van der Waals surface area contributed by atoms with Crippen LogP contribution in [-0.4, -0.2) is 31.7 Å². The van der Waals surface area contributed by atoms with Crippen LogP contribution < -0.4 is 0 Å². The van der Waals surface area contributed by atoms with Gasteiger partial charge in [-0.3, -0.25) is 0 Å². The van der Waals surface area contributed by atoms with Crippen molar-refractivity contribution in [2.75, 3.05) is 13.7 Å². The van der Waals surface area contributed by atoms with E-state index in [-0.39, 0.29) is 0 Å². The summed E-state index contributed by atoms with van der Waals surface area (Å²) in [5.41, 5.74) is -2.16. The van der Waals surface area contributed by atoms with E-state index in [1.165, 1.54) is 0 Å². The molecule has 0 aromatic carbocycles. The molecule has 2 atom stereocenters. The van der Waals surface area contributed by atoms with Crippen molar-refractivity contribution in [2.45, 2.75) is 25.7 Å². The maximum atomic E-state index is 13.0. The van der Waals surface area contributed by atoms with Crippen molar-refractivity contribution in [3.8, 4) is 0 Å². The minimum absolute atomic E-state index is 0.642. The van der Waals surface area contributed by atoms with Crippen molar-refractivity contribution < 1.29 is 23.0 Å². The highest BCUT2D eigenvalue weighted by Gasteiger charge is 2.33. The molecular formula is C7H12F2O3. The average Bonchev–Trinajstić information content (AvgIpc) is 2.00. The Bertz CT molecular complexity index is 157. The number of carbonyl (C=O) groups excluding carboxylic acids is 1. The number of carbonyl (C=O) groups is 1. The molecule has 5 heteroatoms. The Morgan fingerprint density at radius 2 is 2.17 bits per heavy atom. The highest BCUT2D eigenvalue weighted by Crippen LogP contribution is 2.18. The lowest BCUT2D eigenvalue weighted by molar-refractivity contribution is -0.0119. The topological polar surface area (TPSA) is 35.5 Å². The summed E-state index contributed by atoms with van der Waals surface area (Å²) >= 11 is 0. The molecular weight excluding hydrogens is 170 g/mol. The number of halogens is 2. The molecule has 0 amide bonds. The molecule has 0 aromatic rings. The van der Waals surface area contributed by atoms with E-state index in [1.54, 1.807) is 0 Å². The summed E-state index contributed by atoms with van der Waals surface area (Å²) in [7, 11) is 1.09. The van der Waals surface area contributed by atoms with Gasteiger partial charge in [-0.15, -0.1) is 0 Å². The molecule has 0 aliphatic rings. The molecule has 0 fully saturated rings. The first-order chi connectivity index (χ1) is 5.40. The Balaban J connectivity index is 3.83. The molecule has 12 heavy (non-hydrogen) atoms. The number of alkyl halides is 2. The van der Waals surface area contributed by atoms with E-state index < -0.39 is 24.6 Å². The molecule has 3 nitrogen and oxygen atoms in total. The van der Waals surface area contributed by atoms with Gasteiger partial charge in [0.1, 0.15) is 12.8 Å².